The minimum atomic E-state index is -0.378. The minimum absolute atomic E-state index is 0.103. The molecule has 1 aromatic carbocycles. The molecule has 3 aromatic rings. The first-order valence-electron chi connectivity index (χ1n) is 8.39. The summed E-state index contributed by atoms with van der Waals surface area (Å²) in [6, 6.07) is 11.8. The second-order valence-corrected chi connectivity index (χ2v) is 6.26. The largest absolute Gasteiger partial charge is 0.336 e. The van der Waals surface area contributed by atoms with Gasteiger partial charge in [-0.1, -0.05) is 12.1 Å². The van der Waals surface area contributed by atoms with Gasteiger partial charge >= 0.3 is 0 Å². The standard InChI is InChI=1S/C19H19FN4O/c20-16-5-3-4-15(12-16)19(25)23-10-8-22(9-11-23)14-17-13-21-18-6-1-2-7-24(17)18/h1-7,12-13H,8-11,14H2. The summed E-state index contributed by atoms with van der Waals surface area (Å²) >= 11 is 0. The molecule has 1 aliphatic heterocycles. The van der Waals surface area contributed by atoms with Gasteiger partial charge in [0.15, 0.2) is 0 Å². The predicted octanol–water partition coefficient (Wildman–Crippen LogP) is 2.43. The number of rotatable bonds is 3. The molecule has 1 amide bonds. The molecule has 25 heavy (non-hydrogen) atoms. The fourth-order valence-electron chi connectivity index (χ4n) is 3.24. The van der Waals surface area contributed by atoms with Crippen LogP contribution >= 0.6 is 0 Å². The summed E-state index contributed by atoms with van der Waals surface area (Å²) < 4.78 is 15.4. The maximum atomic E-state index is 13.3. The number of fused-ring (bicyclic) bond motifs is 1. The fourth-order valence-corrected chi connectivity index (χ4v) is 3.24. The number of carbonyl (C=O) groups is 1. The monoisotopic (exact) mass is 338 g/mol. The van der Waals surface area contributed by atoms with E-state index in [9.17, 15) is 9.18 Å². The van der Waals surface area contributed by atoms with Crippen LogP contribution in [0, 0.1) is 5.82 Å². The quantitative estimate of drug-likeness (QED) is 0.736. The lowest BCUT2D eigenvalue weighted by Crippen LogP contribution is -2.48. The van der Waals surface area contributed by atoms with Crippen LogP contribution in [0.15, 0.2) is 54.9 Å². The zero-order chi connectivity index (χ0) is 17.2. The lowest BCUT2D eigenvalue weighted by atomic mass is 10.1. The molecule has 0 N–H and O–H groups in total. The number of imidazole rings is 1. The van der Waals surface area contributed by atoms with Gasteiger partial charge in [-0.2, -0.15) is 0 Å². The minimum Gasteiger partial charge on any atom is -0.336 e. The number of piperazine rings is 1. The molecule has 1 saturated heterocycles. The summed E-state index contributed by atoms with van der Waals surface area (Å²) in [6.07, 6.45) is 3.92. The molecule has 5 nitrogen and oxygen atoms in total. The Hall–Kier alpha value is -2.73. The van der Waals surface area contributed by atoms with Crippen LogP contribution < -0.4 is 0 Å². The summed E-state index contributed by atoms with van der Waals surface area (Å²) in [7, 11) is 0. The number of benzene rings is 1. The number of halogens is 1. The van der Waals surface area contributed by atoms with Crippen LogP contribution in [0.25, 0.3) is 5.65 Å². The van der Waals surface area contributed by atoms with Crippen molar-refractivity contribution in [2.75, 3.05) is 26.2 Å². The molecule has 0 radical (unpaired) electrons. The van der Waals surface area contributed by atoms with Crippen molar-refractivity contribution in [2.24, 2.45) is 0 Å². The summed E-state index contributed by atoms with van der Waals surface area (Å²) in [6.45, 7) is 3.67. The lowest BCUT2D eigenvalue weighted by molar-refractivity contribution is 0.0626. The van der Waals surface area contributed by atoms with Gasteiger partial charge in [-0.05, 0) is 30.3 Å². The number of pyridine rings is 1. The molecule has 0 atom stereocenters. The molecule has 0 saturated carbocycles. The zero-order valence-electron chi connectivity index (χ0n) is 13.8. The van der Waals surface area contributed by atoms with Crippen LogP contribution in [0.4, 0.5) is 4.39 Å². The average Bonchev–Trinajstić information content (AvgIpc) is 3.05. The topological polar surface area (TPSA) is 40.9 Å². The molecule has 128 valence electrons. The second-order valence-electron chi connectivity index (χ2n) is 6.26. The summed E-state index contributed by atoms with van der Waals surface area (Å²) in [5.41, 5.74) is 2.49. The van der Waals surface area contributed by atoms with Crippen molar-refractivity contribution < 1.29 is 9.18 Å². The molecule has 1 aliphatic rings. The van der Waals surface area contributed by atoms with Crippen LogP contribution in [0.1, 0.15) is 16.1 Å². The Morgan fingerprint density at radius 1 is 1.08 bits per heavy atom. The van der Waals surface area contributed by atoms with Crippen LogP contribution in [-0.4, -0.2) is 51.3 Å². The van der Waals surface area contributed by atoms with Gasteiger partial charge in [0.1, 0.15) is 11.5 Å². The van der Waals surface area contributed by atoms with E-state index in [-0.39, 0.29) is 11.7 Å². The third-order valence-corrected chi connectivity index (χ3v) is 4.61. The molecule has 1 fully saturated rings. The highest BCUT2D eigenvalue weighted by molar-refractivity contribution is 5.94. The van der Waals surface area contributed by atoms with Crippen molar-refractivity contribution in [2.45, 2.75) is 6.54 Å². The van der Waals surface area contributed by atoms with E-state index in [1.54, 1.807) is 17.0 Å². The van der Waals surface area contributed by atoms with Gasteiger partial charge in [-0.15, -0.1) is 0 Å². The van der Waals surface area contributed by atoms with E-state index >= 15 is 0 Å². The van der Waals surface area contributed by atoms with E-state index in [0.29, 0.717) is 18.7 Å². The van der Waals surface area contributed by atoms with Crippen molar-refractivity contribution in [3.63, 3.8) is 0 Å². The maximum absolute atomic E-state index is 13.3. The molecule has 3 heterocycles. The molecule has 4 rings (SSSR count). The molecule has 0 bridgehead atoms. The number of aromatic nitrogens is 2. The lowest BCUT2D eigenvalue weighted by Gasteiger charge is -2.34. The molecule has 6 heteroatoms. The summed E-state index contributed by atoms with van der Waals surface area (Å²) in [4.78, 5) is 21.0. The zero-order valence-corrected chi connectivity index (χ0v) is 13.8. The van der Waals surface area contributed by atoms with Crippen LogP contribution in [0.5, 0.6) is 0 Å². The van der Waals surface area contributed by atoms with Crippen molar-refractivity contribution in [1.29, 1.82) is 0 Å². The Morgan fingerprint density at radius 2 is 1.92 bits per heavy atom. The third-order valence-electron chi connectivity index (χ3n) is 4.61. The highest BCUT2D eigenvalue weighted by Gasteiger charge is 2.23. The summed E-state index contributed by atoms with van der Waals surface area (Å²) in [5, 5.41) is 0. The van der Waals surface area contributed by atoms with E-state index < -0.39 is 0 Å². The van der Waals surface area contributed by atoms with Crippen LogP contribution in [0.2, 0.25) is 0 Å². The average molecular weight is 338 g/mol. The van der Waals surface area contributed by atoms with Gasteiger partial charge in [-0.3, -0.25) is 9.69 Å². The Kier molecular flexibility index (Phi) is 4.19. The maximum Gasteiger partial charge on any atom is 0.254 e. The predicted molar refractivity (Wildman–Crippen MR) is 92.8 cm³/mol. The van der Waals surface area contributed by atoms with Crippen molar-refractivity contribution in [1.82, 2.24) is 19.2 Å². The molecule has 0 unspecified atom stereocenters. The second kappa shape index (κ2) is 6.64. The first-order chi connectivity index (χ1) is 12.2. The fraction of sp³-hybridized carbons (Fsp3) is 0.263. The Bertz CT molecular complexity index is 899. The Morgan fingerprint density at radius 3 is 2.72 bits per heavy atom. The highest BCUT2D eigenvalue weighted by Crippen LogP contribution is 2.13. The van der Waals surface area contributed by atoms with E-state index in [1.807, 2.05) is 30.6 Å². The molecule has 2 aromatic heterocycles. The van der Waals surface area contributed by atoms with E-state index in [2.05, 4.69) is 14.3 Å². The van der Waals surface area contributed by atoms with Gasteiger partial charge in [0.25, 0.3) is 5.91 Å². The Labute approximate surface area is 145 Å². The van der Waals surface area contributed by atoms with Crippen molar-refractivity contribution in [3.05, 3.63) is 71.9 Å². The van der Waals surface area contributed by atoms with E-state index in [1.165, 1.54) is 12.1 Å². The first-order valence-corrected chi connectivity index (χ1v) is 8.39. The van der Waals surface area contributed by atoms with Crippen molar-refractivity contribution >= 4 is 11.6 Å². The van der Waals surface area contributed by atoms with Gasteiger partial charge < -0.3 is 9.30 Å². The van der Waals surface area contributed by atoms with Gasteiger partial charge in [-0.25, -0.2) is 9.37 Å². The number of hydrogen-bond donors (Lipinski definition) is 0. The number of amides is 1. The highest BCUT2D eigenvalue weighted by atomic mass is 19.1. The third kappa shape index (κ3) is 3.25. The van der Waals surface area contributed by atoms with E-state index in [4.69, 9.17) is 0 Å². The normalized spacial score (nSPS) is 15.6. The molecular formula is C19H19FN4O. The SMILES string of the molecule is O=C(c1cccc(F)c1)N1CCN(Cc2cnc3ccccn23)CC1. The van der Waals surface area contributed by atoms with E-state index in [0.717, 1.165) is 31.0 Å². The molecule has 0 spiro atoms. The molecular weight excluding hydrogens is 319 g/mol. The van der Waals surface area contributed by atoms with Gasteiger partial charge in [0.05, 0.1) is 11.9 Å². The summed E-state index contributed by atoms with van der Waals surface area (Å²) in [5.74, 6) is -0.481. The van der Waals surface area contributed by atoms with Crippen LogP contribution in [0.3, 0.4) is 0 Å². The number of carbonyl (C=O) groups excluding carboxylic acids is 1. The van der Waals surface area contributed by atoms with Gasteiger partial charge in [0.2, 0.25) is 0 Å². The van der Waals surface area contributed by atoms with Gasteiger partial charge in [0, 0.05) is 44.5 Å². The Balaban J connectivity index is 1.39. The number of hydrogen-bond acceptors (Lipinski definition) is 3. The first kappa shape index (κ1) is 15.8. The van der Waals surface area contributed by atoms with Crippen LogP contribution in [-0.2, 0) is 6.54 Å². The van der Waals surface area contributed by atoms with Crippen molar-refractivity contribution in [3.8, 4) is 0 Å². The molecule has 0 aliphatic carbocycles. The smallest absolute Gasteiger partial charge is 0.254 e. The number of nitrogens with zero attached hydrogens (tertiary/aromatic N) is 4.